The summed E-state index contributed by atoms with van der Waals surface area (Å²) in [6.45, 7) is 5.59. The third-order valence-electron chi connectivity index (χ3n) is 5.69. The van der Waals surface area contributed by atoms with E-state index in [0.717, 1.165) is 43.9 Å². The van der Waals surface area contributed by atoms with Crippen LogP contribution < -0.4 is 19.7 Å². The summed E-state index contributed by atoms with van der Waals surface area (Å²) >= 11 is 0. The molecule has 2 N–H and O–H groups in total. The van der Waals surface area contributed by atoms with Crippen molar-refractivity contribution in [1.82, 2.24) is 10.2 Å². The molecule has 2 heterocycles. The molecule has 0 bridgehead atoms. The number of quaternary nitrogens is 1. The Morgan fingerprint density at radius 3 is 2.41 bits per heavy atom. The molecule has 1 unspecified atom stereocenters. The van der Waals surface area contributed by atoms with Crippen LogP contribution >= 0.6 is 0 Å². The van der Waals surface area contributed by atoms with Crippen LogP contribution in [0.3, 0.4) is 0 Å². The SMILES string of the molecule is CCOC(=O)N1CCC(NC(=O)C[NH+]2CCc3cc(OC)c(OC)cc3C2)CC1. The number of hydrogen-bond donors (Lipinski definition) is 2. The average molecular weight is 407 g/mol. The van der Waals surface area contributed by atoms with Gasteiger partial charge in [-0.15, -0.1) is 0 Å². The largest absolute Gasteiger partial charge is 0.493 e. The fourth-order valence-electron chi connectivity index (χ4n) is 4.11. The molecule has 1 fully saturated rings. The van der Waals surface area contributed by atoms with E-state index in [1.807, 2.05) is 12.1 Å². The first-order valence-corrected chi connectivity index (χ1v) is 10.3. The maximum Gasteiger partial charge on any atom is 0.409 e. The Labute approximate surface area is 172 Å². The molecule has 1 aromatic carbocycles. The number of amides is 2. The van der Waals surface area contributed by atoms with E-state index in [4.69, 9.17) is 14.2 Å². The summed E-state index contributed by atoms with van der Waals surface area (Å²) in [7, 11) is 3.28. The number of likely N-dealkylation sites (tertiary alicyclic amines) is 1. The Kier molecular flexibility index (Phi) is 7.19. The molecule has 2 aliphatic rings. The summed E-state index contributed by atoms with van der Waals surface area (Å²) in [4.78, 5) is 27.3. The summed E-state index contributed by atoms with van der Waals surface area (Å²) in [5.41, 5.74) is 2.47. The van der Waals surface area contributed by atoms with Gasteiger partial charge in [0, 0.05) is 31.1 Å². The van der Waals surface area contributed by atoms with Crippen LogP contribution in [0.4, 0.5) is 4.79 Å². The van der Waals surface area contributed by atoms with E-state index in [0.29, 0.717) is 26.2 Å². The Balaban J connectivity index is 1.48. The van der Waals surface area contributed by atoms with Crippen molar-refractivity contribution in [2.75, 3.05) is 47.0 Å². The smallest absolute Gasteiger partial charge is 0.409 e. The molecule has 2 aliphatic heterocycles. The Morgan fingerprint density at radius 1 is 1.14 bits per heavy atom. The molecule has 2 amide bonds. The molecule has 0 saturated carbocycles. The van der Waals surface area contributed by atoms with Crippen LogP contribution in [0.25, 0.3) is 0 Å². The normalized spacial score (nSPS) is 19.3. The minimum absolute atomic E-state index is 0.0681. The summed E-state index contributed by atoms with van der Waals surface area (Å²) in [5, 5.41) is 3.14. The monoisotopic (exact) mass is 406 g/mol. The summed E-state index contributed by atoms with van der Waals surface area (Å²) in [6, 6.07) is 4.19. The number of ether oxygens (including phenoxy) is 3. The fraction of sp³-hybridized carbons (Fsp3) is 0.619. The van der Waals surface area contributed by atoms with Crippen molar-refractivity contribution >= 4 is 12.0 Å². The molecule has 0 spiro atoms. The maximum atomic E-state index is 12.6. The number of nitrogens with zero attached hydrogens (tertiary/aromatic N) is 1. The lowest BCUT2D eigenvalue weighted by atomic mass is 9.98. The van der Waals surface area contributed by atoms with Crippen molar-refractivity contribution in [3.63, 3.8) is 0 Å². The van der Waals surface area contributed by atoms with E-state index in [1.165, 1.54) is 16.0 Å². The zero-order chi connectivity index (χ0) is 20.8. The molecular formula is C21H32N3O5+. The first-order chi connectivity index (χ1) is 14.0. The summed E-state index contributed by atoms with van der Waals surface area (Å²) in [6.07, 6.45) is 2.18. The molecule has 8 nitrogen and oxygen atoms in total. The van der Waals surface area contributed by atoms with Gasteiger partial charge in [0.1, 0.15) is 6.54 Å². The number of carbonyl (C=O) groups excluding carboxylic acids is 2. The molecule has 29 heavy (non-hydrogen) atoms. The van der Waals surface area contributed by atoms with Gasteiger partial charge in [-0.3, -0.25) is 4.79 Å². The Bertz CT molecular complexity index is 731. The second kappa shape index (κ2) is 9.82. The van der Waals surface area contributed by atoms with Crippen LogP contribution in [-0.4, -0.2) is 69.9 Å². The first-order valence-electron chi connectivity index (χ1n) is 10.3. The molecule has 3 rings (SSSR count). The van der Waals surface area contributed by atoms with Gasteiger partial charge in [0.2, 0.25) is 0 Å². The van der Waals surface area contributed by atoms with E-state index in [-0.39, 0.29) is 18.0 Å². The second-order valence-corrected chi connectivity index (χ2v) is 7.61. The molecular weight excluding hydrogens is 374 g/mol. The quantitative estimate of drug-likeness (QED) is 0.714. The minimum Gasteiger partial charge on any atom is -0.493 e. The highest BCUT2D eigenvalue weighted by molar-refractivity contribution is 5.77. The van der Waals surface area contributed by atoms with E-state index < -0.39 is 0 Å². The first kappa shape index (κ1) is 21.2. The second-order valence-electron chi connectivity index (χ2n) is 7.61. The molecule has 1 saturated heterocycles. The van der Waals surface area contributed by atoms with E-state index >= 15 is 0 Å². The fourth-order valence-corrected chi connectivity index (χ4v) is 4.11. The van der Waals surface area contributed by atoms with Crippen molar-refractivity contribution in [2.45, 2.75) is 38.8 Å². The number of piperidine rings is 1. The highest BCUT2D eigenvalue weighted by Gasteiger charge is 2.27. The van der Waals surface area contributed by atoms with Crippen molar-refractivity contribution < 1.29 is 28.7 Å². The molecule has 160 valence electrons. The van der Waals surface area contributed by atoms with E-state index in [9.17, 15) is 9.59 Å². The van der Waals surface area contributed by atoms with Crippen LogP contribution in [0.15, 0.2) is 12.1 Å². The highest BCUT2D eigenvalue weighted by Crippen LogP contribution is 2.31. The van der Waals surface area contributed by atoms with Crippen LogP contribution in [0.2, 0.25) is 0 Å². The number of nitrogens with one attached hydrogen (secondary N) is 2. The molecule has 0 aliphatic carbocycles. The Hall–Kier alpha value is -2.48. The van der Waals surface area contributed by atoms with Crippen LogP contribution in [-0.2, 0) is 22.5 Å². The van der Waals surface area contributed by atoms with Gasteiger partial charge in [0.15, 0.2) is 18.0 Å². The van der Waals surface area contributed by atoms with Crippen molar-refractivity contribution in [1.29, 1.82) is 0 Å². The number of rotatable bonds is 6. The predicted octanol–water partition coefficient (Wildman–Crippen LogP) is 0.382. The zero-order valence-electron chi connectivity index (χ0n) is 17.6. The van der Waals surface area contributed by atoms with Gasteiger partial charge in [0.05, 0.1) is 27.4 Å². The van der Waals surface area contributed by atoms with Crippen LogP contribution in [0.1, 0.15) is 30.9 Å². The lowest BCUT2D eigenvalue weighted by molar-refractivity contribution is -0.908. The van der Waals surface area contributed by atoms with Gasteiger partial charge < -0.3 is 29.3 Å². The van der Waals surface area contributed by atoms with E-state index in [1.54, 1.807) is 26.0 Å². The predicted molar refractivity (Wildman–Crippen MR) is 107 cm³/mol. The van der Waals surface area contributed by atoms with Gasteiger partial charge in [-0.05, 0) is 37.5 Å². The van der Waals surface area contributed by atoms with Gasteiger partial charge in [-0.25, -0.2) is 4.79 Å². The highest BCUT2D eigenvalue weighted by atomic mass is 16.6. The number of hydrogen-bond acceptors (Lipinski definition) is 5. The van der Waals surface area contributed by atoms with Crippen molar-refractivity contribution in [3.05, 3.63) is 23.3 Å². The molecule has 0 aromatic heterocycles. The minimum atomic E-state index is -0.263. The van der Waals surface area contributed by atoms with Gasteiger partial charge in [-0.1, -0.05) is 0 Å². The number of fused-ring (bicyclic) bond motifs is 1. The van der Waals surface area contributed by atoms with Gasteiger partial charge in [-0.2, -0.15) is 0 Å². The third-order valence-corrected chi connectivity index (χ3v) is 5.69. The molecule has 1 aromatic rings. The van der Waals surface area contributed by atoms with Gasteiger partial charge in [0.25, 0.3) is 5.91 Å². The molecule has 0 radical (unpaired) electrons. The summed E-state index contributed by atoms with van der Waals surface area (Å²) < 4.78 is 15.8. The van der Waals surface area contributed by atoms with E-state index in [2.05, 4.69) is 5.32 Å². The topological polar surface area (TPSA) is 81.5 Å². The molecule has 8 heteroatoms. The van der Waals surface area contributed by atoms with Crippen molar-refractivity contribution in [3.8, 4) is 11.5 Å². The Morgan fingerprint density at radius 2 is 1.79 bits per heavy atom. The van der Waals surface area contributed by atoms with Crippen LogP contribution in [0.5, 0.6) is 11.5 Å². The number of methoxy groups -OCH3 is 2. The lowest BCUT2D eigenvalue weighted by Crippen LogP contribution is -3.13. The summed E-state index contributed by atoms with van der Waals surface area (Å²) in [5.74, 6) is 1.55. The maximum absolute atomic E-state index is 12.6. The zero-order valence-corrected chi connectivity index (χ0v) is 17.6. The van der Waals surface area contributed by atoms with Crippen molar-refractivity contribution in [2.24, 2.45) is 0 Å². The number of carbonyl (C=O) groups is 2. The van der Waals surface area contributed by atoms with Gasteiger partial charge >= 0.3 is 6.09 Å². The number of benzene rings is 1. The lowest BCUT2D eigenvalue weighted by Gasteiger charge is -2.32. The standard InChI is InChI=1S/C21H31N3O5/c1-4-29-21(26)24-9-6-17(7-10-24)22-20(25)14-23-8-5-15-11-18(27-2)19(28-3)12-16(15)13-23/h11-12,17H,4-10,13-14H2,1-3H3,(H,22,25)/p+1. The third kappa shape index (κ3) is 5.32. The average Bonchev–Trinajstić information content (AvgIpc) is 2.73. The van der Waals surface area contributed by atoms with Crippen LogP contribution in [0, 0.1) is 0 Å². The molecule has 1 atom stereocenters.